The van der Waals surface area contributed by atoms with Crippen molar-refractivity contribution in [3.63, 3.8) is 0 Å². The van der Waals surface area contributed by atoms with E-state index in [0.29, 0.717) is 17.3 Å². The molecule has 1 fully saturated rings. The van der Waals surface area contributed by atoms with Gasteiger partial charge in [0.05, 0.1) is 6.20 Å². The number of rotatable bonds is 5. The van der Waals surface area contributed by atoms with Crippen LogP contribution in [-0.2, 0) is 0 Å². The smallest absolute Gasteiger partial charge is 0.253 e. The molecule has 0 unspecified atom stereocenters. The highest BCUT2D eigenvalue weighted by Crippen LogP contribution is 2.20. The second-order valence-corrected chi connectivity index (χ2v) is 6.11. The van der Waals surface area contributed by atoms with Gasteiger partial charge in [-0.15, -0.1) is 0 Å². The Hall–Kier alpha value is -2.47. The van der Waals surface area contributed by atoms with E-state index < -0.39 is 0 Å². The number of amides is 1. The quantitative estimate of drug-likeness (QED) is 0.883. The minimum Gasteiger partial charge on any atom is -0.339 e. The lowest BCUT2D eigenvalue weighted by Crippen LogP contribution is -2.42. The molecule has 0 saturated carbocycles. The number of carbonyl (C=O) groups is 1. The maximum absolute atomic E-state index is 12.8. The molecule has 2 N–H and O–H groups in total. The zero-order valence-electron chi connectivity index (χ0n) is 13.9. The number of hydrogen-bond acceptors (Lipinski definition) is 5. The van der Waals surface area contributed by atoms with Gasteiger partial charge in [-0.1, -0.05) is 6.07 Å². The Morgan fingerprint density at radius 3 is 3.08 bits per heavy atom. The number of hydrogen-bond donors (Lipinski definition) is 2. The summed E-state index contributed by atoms with van der Waals surface area (Å²) in [4.78, 5) is 23.0. The summed E-state index contributed by atoms with van der Waals surface area (Å²) < 4.78 is 0. The van der Waals surface area contributed by atoms with Crippen molar-refractivity contribution in [3.8, 4) is 0 Å². The van der Waals surface area contributed by atoms with Gasteiger partial charge in [0.2, 0.25) is 0 Å². The monoisotopic (exact) mass is 325 g/mol. The van der Waals surface area contributed by atoms with Gasteiger partial charge in [-0.05, 0) is 50.6 Å². The summed E-state index contributed by atoms with van der Waals surface area (Å²) in [7, 11) is 1.96. The molecule has 0 radical (unpaired) electrons. The normalized spacial score (nSPS) is 17.5. The molecule has 1 atom stereocenters. The molecule has 24 heavy (non-hydrogen) atoms. The number of nitrogens with one attached hydrogen (secondary N) is 2. The standard InChI is InChI=1S/C18H23N5O/c1-19-11-14-4-3-9-23(13-14)18(24)15-5-2-6-16(10-15)22-17-12-20-7-8-21-17/h2,5-8,10,12,14,19H,3-4,9,11,13H2,1H3,(H,21,22)/t14-/m0/s1. The molecule has 0 bridgehead atoms. The molecule has 1 aliphatic rings. The molecule has 6 nitrogen and oxygen atoms in total. The zero-order chi connectivity index (χ0) is 16.8. The van der Waals surface area contributed by atoms with Crippen molar-refractivity contribution in [2.24, 2.45) is 5.92 Å². The predicted molar refractivity (Wildman–Crippen MR) is 94.3 cm³/mol. The van der Waals surface area contributed by atoms with Crippen molar-refractivity contribution in [3.05, 3.63) is 48.4 Å². The fourth-order valence-corrected chi connectivity index (χ4v) is 3.13. The third kappa shape index (κ3) is 4.08. The highest BCUT2D eigenvalue weighted by molar-refractivity contribution is 5.95. The summed E-state index contributed by atoms with van der Waals surface area (Å²) in [6, 6.07) is 7.55. The van der Waals surface area contributed by atoms with E-state index in [2.05, 4.69) is 20.6 Å². The van der Waals surface area contributed by atoms with E-state index in [4.69, 9.17) is 0 Å². The van der Waals surface area contributed by atoms with Crippen LogP contribution in [0, 0.1) is 5.92 Å². The SMILES string of the molecule is CNC[C@@H]1CCCN(C(=O)c2cccc(Nc3cnccn3)c2)C1. The van der Waals surface area contributed by atoms with Crippen LogP contribution in [0.1, 0.15) is 23.2 Å². The van der Waals surface area contributed by atoms with Crippen LogP contribution < -0.4 is 10.6 Å². The molecule has 1 saturated heterocycles. The lowest BCUT2D eigenvalue weighted by atomic mass is 9.97. The Labute approximate surface area is 142 Å². The van der Waals surface area contributed by atoms with Crippen LogP contribution in [-0.4, -0.2) is 47.5 Å². The number of anilines is 2. The summed E-state index contributed by atoms with van der Waals surface area (Å²) in [5.74, 6) is 1.29. The molecule has 0 spiro atoms. The van der Waals surface area contributed by atoms with E-state index in [9.17, 15) is 4.79 Å². The highest BCUT2D eigenvalue weighted by atomic mass is 16.2. The van der Waals surface area contributed by atoms with Gasteiger partial charge in [-0.2, -0.15) is 0 Å². The zero-order valence-corrected chi connectivity index (χ0v) is 13.9. The Bertz CT molecular complexity index is 674. The van der Waals surface area contributed by atoms with Crippen LogP contribution in [0.2, 0.25) is 0 Å². The average molecular weight is 325 g/mol. The van der Waals surface area contributed by atoms with Gasteiger partial charge in [0.1, 0.15) is 5.82 Å². The maximum atomic E-state index is 12.8. The Morgan fingerprint density at radius 2 is 2.29 bits per heavy atom. The number of carbonyl (C=O) groups excluding carboxylic acids is 1. The van der Waals surface area contributed by atoms with Crippen molar-refractivity contribution in [2.45, 2.75) is 12.8 Å². The molecule has 3 rings (SSSR count). The number of benzene rings is 1. The van der Waals surface area contributed by atoms with E-state index in [1.54, 1.807) is 18.6 Å². The van der Waals surface area contributed by atoms with Crippen LogP contribution in [0.4, 0.5) is 11.5 Å². The van der Waals surface area contributed by atoms with E-state index in [-0.39, 0.29) is 5.91 Å². The third-order valence-electron chi connectivity index (χ3n) is 4.24. The lowest BCUT2D eigenvalue weighted by Gasteiger charge is -2.32. The topological polar surface area (TPSA) is 70.2 Å². The largest absolute Gasteiger partial charge is 0.339 e. The van der Waals surface area contributed by atoms with Crippen LogP contribution in [0.15, 0.2) is 42.9 Å². The first kappa shape index (κ1) is 16.4. The van der Waals surface area contributed by atoms with E-state index in [1.807, 2.05) is 36.2 Å². The molecule has 0 aliphatic carbocycles. The molecule has 1 aliphatic heterocycles. The average Bonchev–Trinajstić information content (AvgIpc) is 2.63. The van der Waals surface area contributed by atoms with Gasteiger partial charge < -0.3 is 15.5 Å². The fourth-order valence-electron chi connectivity index (χ4n) is 3.13. The number of piperidine rings is 1. The summed E-state index contributed by atoms with van der Waals surface area (Å²) in [5.41, 5.74) is 1.54. The van der Waals surface area contributed by atoms with Crippen LogP contribution in [0.3, 0.4) is 0 Å². The number of aromatic nitrogens is 2. The van der Waals surface area contributed by atoms with E-state index in [0.717, 1.165) is 31.7 Å². The Balaban J connectivity index is 1.70. The van der Waals surface area contributed by atoms with Gasteiger partial charge >= 0.3 is 0 Å². The molecule has 6 heteroatoms. The molecule has 2 aromatic rings. The van der Waals surface area contributed by atoms with E-state index >= 15 is 0 Å². The van der Waals surface area contributed by atoms with Crippen LogP contribution >= 0.6 is 0 Å². The molecule has 1 aromatic carbocycles. The molecular formula is C18H23N5O. The minimum atomic E-state index is 0.0959. The summed E-state index contributed by atoms with van der Waals surface area (Å²) >= 11 is 0. The van der Waals surface area contributed by atoms with Crippen LogP contribution in [0.25, 0.3) is 0 Å². The molecule has 126 valence electrons. The summed E-state index contributed by atoms with van der Waals surface area (Å²) in [5, 5.41) is 6.39. The second-order valence-electron chi connectivity index (χ2n) is 6.11. The van der Waals surface area contributed by atoms with Gasteiger partial charge in [0.25, 0.3) is 5.91 Å². The second kappa shape index (κ2) is 7.88. The Kier molecular flexibility index (Phi) is 5.38. The maximum Gasteiger partial charge on any atom is 0.253 e. The van der Waals surface area contributed by atoms with E-state index in [1.165, 1.54) is 6.42 Å². The van der Waals surface area contributed by atoms with Gasteiger partial charge in [-0.25, -0.2) is 4.98 Å². The highest BCUT2D eigenvalue weighted by Gasteiger charge is 2.24. The number of nitrogens with zero attached hydrogens (tertiary/aromatic N) is 3. The Morgan fingerprint density at radius 1 is 1.38 bits per heavy atom. The van der Waals surface area contributed by atoms with Crippen molar-refractivity contribution >= 4 is 17.4 Å². The van der Waals surface area contributed by atoms with Crippen molar-refractivity contribution in [1.82, 2.24) is 20.2 Å². The molecular weight excluding hydrogens is 302 g/mol. The molecule has 1 amide bonds. The first-order valence-corrected chi connectivity index (χ1v) is 8.33. The van der Waals surface area contributed by atoms with Gasteiger partial charge in [0.15, 0.2) is 0 Å². The third-order valence-corrected chi connectivity index (χ3v) is 4.24. The lowest BCUT2D eigenvalue weighted by molar-refractivity contribution is 0.0674. The van der Waals surface area contributed by atoms with Crippen molar-refractivity contribution in [2.75, 3.05) is 32.0 Å². The molecule has 2 heterocycles. The fraction of sp³-hybridized carbons (Fsp3) is 0.389. The summed E-state index contributed by atoms with van der Waals surface area (Å²) in [6.45, 7) is 2.61. The number of likely N-dealkylation sites (tertiary alicyclic amines) is 1. The van der Waals surface area contributed by atoms with Crippen LogP contribution in [0.5, 0.6) is 0 Å². The first-order valence-electron chi connectivity index (χ1n) is 8.33. The minimum absolute atomic E-state index is 0.0959. The first-order chi connectivity index (χ1) is 11.8. The predicted octanol–water partition coefficient (Wildman–Crippen LogP) is 2.29. The van der Waals surface area contributed by atoms with Gasteiger partial charge in [0, 0.05) is 36.7 Å². The van der Waals surface area contributed by atoms with Crippen molar-refractivity contribution in [1.29, 1.82) is 0 Å². The summed E-state index contributed by atoms with van der Waals surface area (Å²) in [6.07, 6.45) is 7.16. The van der Waals surface area contributed by atoms with Crippen molar-refractivity contribution < 1.29 is 4.79 Å². The molecule has 1 aromatic heterocycles. The van der Waals surface area contributed by atoms with Gasteiger partial charge in [-0.3, -0.25) is 9.78 Å².